The quantitative estimate of drug-likeness (QED) is 0.677. The third-order valence-electron chi connectivity index (χ3n) is 6.86. The number of rotatable bonds is 3. The number of anilines is 1. The summed E-state index contributed by atoms with van der Waals surface area (Å²) in [6, 6.07) is 12.8. The van der Waals surface area contributed by atoms with Gasteiger partial charge in [-0.1, -0.05) is 32.9 Å². The highest BCUT2D eigenvalue weighted by Crippen LogP contribution is 2.53. The molecule has 1 saturated carbocycles. The number of hydrogen-bond donors (Lipinski definition) is 0. The van der Waals surface area contributed by atoms with Crippen molar-refractivity contribution in [2.75, 3.05) is 11.4 Å². The van der Waals surface area contributed by atoms with E-state index in [1.54, 1.807) is 40.7 Å². The van der Waals surface area contributed by atoms with Gasteiger partial charge in [0, 0.05) is 12.6 Å². The maximum atomic E-state index is 13.4. The maximum absolute atomic E-state index is 13.4. The Morgan fingerprint density at radius 3 is 2.03 bits per heavy atom. The summed E-state index contributed by atoms with van der Waals surface area (Å²) in [5.74, 6) is -0.778. The van der Waals surface area contributed by atoms with Gasteiger partial charge in [0.25, 0.3) is 11.8 Å². The summed E-state index contributed by atoms with van der Waals surface area (Å²) in [6.07, 6.45) is 2.76. The fraction of sp³-hybridized carbons (Fsp3) is 0.417. The maximum Gasteiger partial charge on any atom is 0.266 e. The molecule has 2 bridgehead atoms. The highest BCUT2D eigenvalue weighted by molar-refractivity contribution is 7.89. The molecule has 2 aromatic carbocycles. The number of carbonyl (C=O) groups excluding carboxylic acids is 2. The largest absolute Gasteiger partial charge is 0.268 e. The van der Waals surface area contributed by atoms with Crippen LogP contribution in [0.15, 0.2) is 53.4 Å². The van der Waals surface area contributed by atoms with Crippen LogP contribution in [0.1, 0.15) is 60.7 Å². The standard InChI is InChI=1S/C24H26N2O4S/c1-23(2)12-17-13-24(3,14-23)15-25(17)31(29,30)18-10-8-16(9-11-18)26-21(27)19-6-4-5-7-20(19)22(26)28/h4-11,17H,12-15H2,1-3H3. The number of fused-ring (bicyclic) bond motifs is 3. The van der Waals surface area contributed by atoms with Gasteiger partial charge in [0.05, 0.1) is 21.7 Å². The molecule has 2 atom stereocenters. The van der Waals surface area contributed by atoms with Gasteiger partial charge in [-0.3, -0.25) is 9.59 Å². The highest BCUT2D eigenvalue weighted by Gasteiger charge is 2.53. The summed E-state index contributed by atoms with van der Waals surface area (Å²) < 4.78 is 28.6. The van der Waals surface area contributed by atoms with Crippen molar-refractivity contribution in [2.24, 2.45) is 10.8 Å². The van der Waals surface area contributed by atoms with Crippen molar-refractivity contribution >= 4 is 27.5 Å². The van der Waals surface area contributed by atoms with Gasteiger partial charge in [-0.25, -0.2) is 13.3 Å². The number of benzene rings is 2. The van der Waals surface area contributed by atoms with Gasteiger partial charge in [-0.2, -0.15) is 4.31 Å². The lowest BCUT2D eigenvalue weighted by Gasteiger charge is -2.39. The van der Waals surface area contributed by atoms with Crippen LogP contribution in [0.3, 0.4) is 0 Å². The third-order valence-corrected chi connectivity index (χ3v) is 8.77. The van der Waals surface area contributed by atoms with Crippen molar-refractivity contribution in [1.82, 2.24) is 4.31 Å². The molecule has 3 aliphatic rings. The van der Waals surface area contributed by atoms with Crippen LogP contribution in [0, 0.1) is 10.8 Å². The Hall–Kier alpha value is -2.51. The molecule has 0 spiro atoms. The number of nitrogens with zero attached hydrogens (tertiary/aromatic N) is 2. The minimum absolute atomic E-state index is 0.000404. The summed E-state index contributed by atoms with van der Waals surface area (Å²) in [5.41, 5.74) is 1.23. The van der Waals surface area contributed by atoms with Gasteiger partial charge in [0.2, 0.25) is 10.0 Å². The average molecular weight is 439 g/mol. The van der Waals surface area contributed by atoms with Crippen LogP contribution >= 0.6 is 0 Å². The van der Waals surface area contributed by atoms with E-state index < -0.39 is 10.0 Å². The Morgan fingerprint density at radius 2 is 1.45 bits per heavy atom. The van der Waals surface area contributed by atoms with E-state index in [-0.39, 0.29) is 33.6 Å². The first-order valence-corrected chi connectivity index (χ1v) is 12.0. The Labute approximate surface area is 182 Å². The minimum atomic E-state index is -3.66. The van der Waals surface area contributed by atoms with Crippen molar-refractivity contribution in [3.8, 4) is 0 Å². The predicted octanol–water partition coefficient (Wildman–Crippen LogP) is 4.08. The van der Waals surface area contributed by atoms with E-state index in [4.69, 9.17) is 0 Å². The normalized spacial score (nSPS) is 27.6. The second-order valence-electron chi connectivity index (χ2n) is 10.2. The van der Waals surface area contributed by atoms with Crippen molar-refractivity contribution < 1.29 is 18.0 Å². The minimum Gasteiger partial charge on any atom is -0.268 e. The van der Waals surface area contributed by atoms with E-state index in [9.17, 15) is 18.0 Å². The van der Waals surface area contributed by atoms with Gasteiger partial charge in [0.1, 0.15) is 0 Å². The molecule has 1 saturated heterocycles. The smallest absolute Gasteiger partial charge is 0.266 e. The fourth-order valence-corrected chi connectivity index (χ4v) is 7.79. The second kappa shape index (κ2) is 6.50. The molecule has 2 aromatic rings. The number of amides is 2. The third kappa shape index (κ3) is 3.13. The lowest BCUT2D eigenvalue weighted by atomic mass is 9.65. The van der Waals surface area contributed by atoms with Crippen molar-refractivity contribution in [1.29, 1.82) is 0 Å². The van der Waals surface area contributed by atoms with E-state index >= 15 is 0 Å². The van der Waals surface area contributed by atoms with E-state index in [0.717, 1.165) is 24.2 Å². The summed E-state index contributed by atoms with van der Waals surface area (Å²) in [6.45, 7) is 7.14. The first-order chi connectivity index (χ1) is 14.5. The second-order valence-corrected chi connectivity index (χ2v) is 12.1. The molecule has 1 aliphatic carbocycles. The van der Waals surface area contributed by atoms with Crippen LogP contribution in [-0.2, 0) is 10.0 Å². The predicted molar refractivity (Wildman–Crippen MR) is 117 cm³/mol. The molecule has 0 N–H and O–H groups in total. The molecule has 2 amide bonds. The summed E-state index contributed by atoms with van der Waals surface area (Å²) in [7, 11) is -3.66. The summed E-state index contributed by atoms with van der Waals surface area (Å²) in [4.78, 5) is 26.7. The summed E-state index contributed by atoms with van der Waals surface area (Å²) in [5, 5.41) is 0. The highest BCUT2D eigenvalue weighted by atomic mass is 32.2. The van der Waals surface area contributed by atoms with Gasteiger partial charge in [-0.05, 0) is 66.5 Å². The van der Waals surface area contributed by atoms with Crippen LogP contribution in [0.5, 0.6) is 0 Å². The zero-order valence-corrected chi connectivity index (χ0v) is 18.8. The Bertz CT molecular complexity index is 1170. The molecule has 2 fully saturated rings. The molecule has 2 heterocycles. The number of carbonyl (C=O) groups is 2. The average Bonchev–Trinajstić information content (AvgIpc) is 3.11. The Balaban J connectivity index is 1.43. The monoisotopic (exact) mass is 438 g/mol. The molecule has 6 nitrogen and oxygen atoms in total. The zero-order valence-electron chi connectivity index (χ0n) is 18.0. The number of imide groups is 1. The molecule has 0 aromatic heterocycles. The van der Waals surface area contributed by atoms with Crippen LogP contribution in [0.25, 0.3) is 0 Å². The molecular formula is C24H26N2O4S. The van der Waals surface area contributed by atoms with Crippen LogP contribution in [-0.4, -0.2) is 37.1 Å². The Kier molecular flexibility index (Phi) is 4.27. The lowest BCUT2D eigenvalue weighted by molar-refractivity contribution is 0.0926. The van der Waals surface area contributed by atoms with Crippen molar-refractivity contribution in [3.63, 3.8) is 0 Å². The van der Waals surface area contributed by atoms with Crippen LogP contribution in [0.2, 0.25) is 0 Å². The van der Waals surface area contributed by atoms with Gasteiger partial charge in [0.15, 0.2) is 0 Å². The molecular weight excluding hydrogens is 412 g/mol. The molecule has 31 heavy (non-hydrogen) atoms. The van der Waals surface area contributed by atoms with E-state index in [1.165, 1.54) is 12.1 Å². The van der Waals surface area contributed by atoms with Gasteiger partial charge < -0.3 is 0 Å². The molecule has 0 radical (unpaired) electrons. The number of hydrogen-bond acceptors (Lipinski definition) is 4. The van der Waals surface area contributed by atoms with Gasteiger partial charge in [-0.15, -0.1) is 0 Å². The summed E-state index contributed by atoms with van der Waals surface area (Å²) >= 11 is 0. The first-order valence-electron chi connectivity index (χ1n) is 10.6. The SMILES string of the molecule is CC1(C)CC2CC(C)(CN2S(=O)(=O)c2ccc(N3C(=O)c4ccccc4C3=O)cc2)C1. The molecule has 162 valence electrons. The topological polar surface area (TPSA) is 74.8 Å². The molecule has 5 rings (SSSR count). The zero-order chi connectivity index (χ0) is 22.2. The van der Waals surface area contributed by atoms with Crippen molar-refractivity contribution in [3.05, 3.63) is 59.7 Å². The molecule has 2 unspecified atom stereocenters. The van der Waals surface area contributed by atoms with E-state index in [2.05, 4.69) is 20.8 Å². The first kappa shape index (κ1) is 20.4. The molecule has 7 heteroatoms. The van der Waals surface area contributed by atoms with Gasteiger partial charge >= 0.3 is 0 Å². The molecule has 2 aliphatic heterocycles. The van der Waals surface area contributed by atoms with Crippen molar-refractivity contribution in [2.45, 2.75) is 51.0 Å². The lowest BCUT2D eigenvalue weighted by Crippen LogP contribution is -2.37. The number of sulfonamides is 1. The van der Waals surface area contributed by atoms with E-state index in [0.29, 0.717) is 23.4 Å². The Morgan fingerprint density at radius 1 is 0.871 bits per heavy atom. The van der Waals surface area contributed by atoms with E-state index in [1.807, 2.05) is 0 Å². The van der Waals surface area contributed by atoms with Crippen LogP contribution < -0.4 is 4.90 Å². The fourth-order valence-electron chi connectivity index (χ4n) is 6.02. The van der Waals surface area contributed by atoms with Crippen LogP contribution in [0.4, 0.5) is 5.69 Å².